The molecule has 1 N–H and O–H groups in total. The fourth-order valence-corrected chi connectivity index (χ4v) is 4.92. The van der Waals surface area contributed by atoms with Crippen LogP contribution < -0.4 is 0 Å². The van der Waals surface area contributed by atoms with Gasteiger partial charge in [0.15, 0.2) is 11.6 Å². The predicted molar refractivity (Wildman–Crippen MR) is 126 cm³/mol. The quantitative estimate of drug-likeness (QED) is 0.287. The second kappa shape index (κ2) is 8.84. The van der Waals surface area contributed by atoms with Gasteiger partial charge in [-0.3, -0.25) is 4.79 Å². The maximum atomic E-state index is 13.8. The first kappa shape index (κ1) is 21.4. The molecule has 1 saturated heterocycles. The SMILES string of the molecule is O=C(c1c[nH]c2nc(-c3cnn(PI)c3)ccc12)N1CCOCC1c1ccc(F)c(F)c1. The minimum atomic E-state index is -0.948. The highest BCUT2D eigenvalue weighted by Gasteiger charge is 2.31. The fraction of sp³-hybridized carbons (Fsp3) is 0.190. The Morgan fingerprint density at radius 2 is 2.12 bits per heavy atom. The number of halogens is 3. The van der Waals surface area contributed by atoms with Crippen LogP contribution in [0, 0.1) is 11.6 Å². The third-order valence-electron chi connectivity index (χ3n) is 5.45. The molecule has 32 heavy (non-hydrogen) atoms. The van der Waals surface area contributed by atoms with Crippen LogP contribution in [0.15, 0.2) is 48.9 Å². The molecule has 2 unspecified atom stereocenters. The van der Waals surface area contributed by atoms with E-state index in [1.165, 1.54) is 6.07 Å². The standard InChI is InChI=1S/C21H17F2IN5O2P/c22-16-3-1-12(7-17(16)23)19-11-31-6-5-28(19)21(30)15-9-25-20-14(15)2-4-18(27-20)13-8-26-29(10-13)32-24/h1-4,7-10,19,32H,5-6,11H2,(H,25,27). The smallest absolute Gasteiger partial charge is 0.256 e. The molecule has 1 aliphatic rings. The molecule has 1 amide bonds. The summed E-state index contributed by atoms with van der Waals surface area (Å²) >= 11 is 2.25. The van der Waals surface area contributed by atoms with Gasteiger partial charge in [0, 0.05) is 29.9 Å². The van der Waals surface area contributed by atoms with Crippen molar-refractivity contribution in [2.75, 3.05) is 19.8 Å². The van der Waals surface area contributed by atoms with E-state index in [9.17, 15) is 13.6 Å². The van der Waals surface area contributed by atoms with Crippen LogP contribution in [0.1, 0.15) is 22.0 Å². The Hall–Kier alpha value is -2.43. The molecular formula is C21H17F2IN5O2P. The van der Waals surface area contributed by atoms with E-state index in [0.717, 1.165) is 23.4 Å². The summed E-state index contributed by atoms with van der Waals surface area (Å²) < 4.78 is 34.6. The number of aromatic amines is 1. The first-order chi connectivity index (χ1) is 15.5. The summed E-state index contributed by atoms with van der Waals surface area (Å²) in [7, 11) is 0. The first-order valence-electron chi connectivity index (χ1n) is 9.78. The van der Waals surface area contributed by atoms with Crippen molar-refractivity contribution < 1.29 is 18.3 Å². The normalized spacial score (nSPS) is 17.0. The molecule has 5 rings (SSSR count). The van der Waals surface area contributed by atoms with Crippen molar-refractivity contribution in [1.29, 1.82) is 0 Å². The molecule has 0 aliphatic carbocycles. The van der Waals surface area contributed by atoms with E-state index < -0.39 is 17.7 Å². The topological polar surface area (TPSA) is 76.0 Å². The molecular weight excluding hydrogens is 550 g/mol. The number of hydrogen-bond acceptors (Lipinski definition) is 4. The monoisotopic (exact) mass is 567 g/mol. The third-order valence-corrected chi connectivity index (χ3v) is 7.35. The zero-order valence-corrected chi connectivity index (χ0v) is 19.7. The lowest BCUT2D eigenvalue weighted by Crippen LogP contribution is -2.43. The highest BCUT2D eigenvalue weighted by molar-refractivity contribution is 14.2. The van der Waals surface area contributed by atoms with Gasteiger partial charge in [0.05, 0.1) is 43.1 Å². The van der Waals surface area contributed by atoms with Gasteiger partial charge in [0.25, 0.3) is 5.91 Å². The Labute approximate surface area is 196 Å². The molecule has 1 fully saturated rings. The van der Waals surface area contributed by atoms with E-state index in [1.807, 2.05) is 22.8 Å². The summed E-state index contributed by atoms with van der Waals surface area (Å²) in [6.45, 7) is 0.929. The highest BCUT2D eigenvalue weighted by atomic mass is 127. The van der Waals surface area contributed by atoms with E-state index in [0.29, 0.717) is 41.7 Å². The van der Waals surface area contributed by atoms with Crippen LogP contribution in [0.5, 0.6) is 0 Å². The van der Waals surface area contributed by atoms with Gasteiger partial charge in [-0.1, -0.05) is 6.07 Å². The van der Waals surface area contributed by atoms with Gasteiger partial charge in [-0.15, -0.1) is 0 Å². The molecule has 1 aliphatic heterocycles. The van der Waals surface area contributed by atoms with E-state index in [2.05, 4.69) is 37.1 Å². The Kier molecular flexibility index (Phi) is 5.92. The minimum absolute atomic E-state index is 0.211. The van der Waals surface area contributed by atoms with Crippen LogP contribution in [-0.2, 0) is 4.74 Å². The number of hydrogen-bond donors (Lipinski definition) is 1. The Morgan fingerprint density at radius 3 is 2.91 bits per heavy atom. The van der Waals surface area contributed by atoms with E-state index >= 15 is 0 Å². The van der Waals surface area contributed by atoms with E-state index in [4.69, 9.17) is 4.74 Å². The first-order valence-corrected chi connectivity index (χ1v) is 13.8. The number of rotatable bonds is 4. The summed E-state index contributed by atoms with van der Waals surface area (Å²) in [6.07, 6.45) is 5.82. The lowest BCUT2D eigenvalue weighted by atomic mass is 10.0. The van der Waals surface area contributed by atoms with Crippen LogP contribution >= 0.6 is 28.4 Å². The minimum Gasteiger partial charge on any atom is -0.377 e. The molecule has 4 heterocycles. The van der Waals surface area contributed by atoms with E-state index in [-0.39, 0.29) is 12.5 Å². The third kappa shape index (κ3) is 3.91. The van der Waals surface area contributed by atoms with Gasteiger partial charge in [-0.05, 0) is 51.9 Å². The molecule has 0 saturated carbocycles. The summed E-state index contributed by atoms with van der Waals surface area (Å²) in [4.78, 5) is 22.8. The number of amides is 1. The number of morpholine rings is 1. The van der Waals surface area contributed by atoms with Crippen molar-refractivity contribution in [2.24, 2.45) is 0 Å². The Balaban J connectivity index is 1.47. The number of H-pyrrole nitrogens is 1. The van der Waals surface area contributed by atoms with Crippen LogP contribution in [0.4, 0.5) is 8.78 Å². The van der Waals surface area contributed by atoms with Crippen molar-refractivity contribution in [2.45, 2.75) is 6.04 Å². The van der Waals surface area contributed by atoms with Gasteiger partial charge in [0.1, 0.15) is 5.65 Å². The summed E-state index contributed by atoms with van der Waals surface area (Å²) in [5.41, 5.74) is 3.20. The fourth-order valence-electron chi connectivity index (χ4n) is 3.84. The van der Waals surface area contributed by atoms with Gasteiger partial charge in [-0.2, -0.15) is 5.10 Å². The number of nitrogens with one attached hydrogen (secondary N) is 1. The summed E-state index contributed by atoms with van der Waals surface area (Å²) in [5.74, 6) is -2.09. The van der Waals surface area contributed by atoms with Crippen molar-refractivity contribution in [1.82, 2.24) is 24.4 Å². The largest absolute Gasteiger partial charge is 0.377 e. The van der Waals surface area contributed by atoms with Gasteiger partial charge >= 0.3 is 0 Å². The Morgan fingerprint density at radius 1 is 1.25 bits per heavy atom. The summed E-state index contributed by atoms with van der Waals surface area (Å²) in [6, 6.07) is 6.88. The second-order valence-corrected chi connectivity index (χ2v) is 9.39. The van der Waals surface area contributed by atoms with Crippen molar-refractivity contribution >= 4 is 45.4 Å². The molecule has 7 nitrogen and oxygen atoms in total. The lowest BCUT2D eigenvalue weighted by Gasteiger charge is -2.36. The molecule has 1 aromatic carbocycles. The number of pyridine rings is 1. The average molecular weight is 567 g/mol. The molecule has 11 heteroatoms. The molecule has 0 spiro atoms. The van der Waals surface area contributed by atoms with Gasteiger partial charge < -0.3 is 14.6 Å². The van der Waals surface area contributed by atoms with Gasteiger partial charge in [0.2, 0.25) is 0 Å². The molecule has 0 bridgehead atoms. The summed E-state index contributed by atoms with van der Waals surface area (Å²) in [5, 5.41) is 4.98. The zero-order valence-electron chi connectivity index (χ0n) is 16.6. The second-order valence-electron chi connectivity index (χ2n) is 7.32. The predicted octanol–water partition coefficient (Wildman–Crippen LogP) is 4.71. The molecule has 164 valence electrons. The number of carbonyl (C=O) groups excluding carboxylic acids is 1. The van der Waals surface area contributed by atoms with Crippen molar-refractivity contribution in [3.05, 3.63) is 71.7 Å². The van der Waals surface area contributed by atoms with Crippen LogP contribution in [0.3, 0.4) is 0 Å². The molecule has 0 radical (unpaired) electrons. The van der Waals surface area contributed by atoms with Crippen molar-refractivity contribution in [3.63, 3.8) is 0 Å². The van der Waals surface area contributed by atoms with Crippen LogP contribution in [0.25, 0.3) is 22.3 Å². The molecule has 2 atom stereocenters. The molecule has 4 aromatic rings. The van der Waals surface area contributed by atoms with Crippen molar-refractivity contribution in [3.8, 4) is 11.3 Å². The maximum Gasteiger partial charge on any atom is 0.256 e. The van der Waals surface area contributed by atoms with Crippen LogP contribution in [0.2, 0.25) is 0 Å². The maximum absolute atomic E-state index is 13.8. The van der Waals surface area contributed by atoms with Gasteiger partial charge in [-0.25, -0.2) is 18.2 Å². The Bertz CT molecular complexity index is 1310. The van der Waals surface area contributed by atoms with Crippen LogP contribution in [-0.4, -0.2) is 50.1 Å². The zero-order chi connectivity index (χ0) is 22.2. The number of benzene rings is 1. The molecule has 3 aromatic heterocycles. The number of aromatic nitrogens is 4. The number of carbonyl (C=O) groups is 1. The number of fused-ring (bicyclic) bond motifs is 1. The lowest BCUT2D eigenvalue weighted by molar-refractivity contribution is -0.00269. The average Bonchev–Trinajstić information content (AvgIpc) is 3.47. The van der Waals surface area contributed by atoms with E-state index in [1.54, 1.807) is 17.3 Å². The number of nitrogens with zero attached hydrogens (tertiary/aromatic N) is 4. The number of ether oxygens (including phenoxy) is 1. The highest BCUT2D eigenvalue weighted by Crippen LogP contribution is 2.30.